The van der Waals surface area contributed by atoms with Gasteiger partial charge in [-0.25, -0.2) is 4.98 Å². The van der Waals surface area contributed by atoms with Gasteiger partial charge in [-0.05, 0) is 43.2 Å². The number of nitrogens with one attached hydrogen (secondary N) is 1. The minimum absolute atomic E-state index is 0.00781. The number of aryl methyl sites for hydroxylation is 2. The lowest BCUT2D eigenvalue weighted by atomic mass is 10.1. The van der Waals surface area contributed by atoms with Gasteiger partial charge in [0.1, 0.15) is 17.3 Å². The molecule has 96 valence electrons. The maximum Gasteiger partial charge on any atom is 0.142 e. The highest BCUT2D eigenvalue weighted by Gasteiger charge is 2.12. The minimum Gasteiger partial charge on any atom is -0.508 e. The van der Waals surface area contributed by atoms with Gasteiger partial charge in [0.05, 0.1) is 16.6 Å². The van der Waals surface area contributed by atoms with E-state index in [2.05, 4.69) is 9.97 Å². The quantitative estimate of drug-likeness (QED) is 0.624. The molecule has 3 aromatic rings. The van der Waals surface area contributed by atoms with Crippen molar-refractivity contribution in [2.45, 2.75) is 13.8 Å². The predicted octanol–water partition coefficient (Wildman–Crippen LogP) is 3.26. The second-order valence-corrected chi connectivity index (χ2v) is 4.69. The zero-order valence-electron chi connectivity index (χ0n) is 10.7. The Labute approximate surface area is 110 Å². The summed E-state index contributed by atoms with van der Waals surface area (Å²) in [7, 11) is 0. The molecule has 1 heterocycles. The molecule has 0 unspecified atom stereocenters. The third-order valence-corrected chi connectivity index (χ3v) is 3.41. The van der Waals surface area contributed by atoms with Gasteiger partial charge in [-0.1, -0.05) is 6.07 Å². The fourth-order valence-corrected chi connectivity index (χ4v) is 2.16. The van der Waals surface area contributed by atoms with Crippen LogP contribution < -0.4 is 0 Å². The summed E-state index contributed by atoms with van der Waals surface area (Å²) in [5.41, 5.74) is 4.72. The van der Waals surface area contributed by atoms with Crippen LogP contribution in [-0.4, -0.2) is 20.2 Å². The fraction of sp³-hybridized carbons (Fsp3) is 0.133. The van der Waals surface area contributed by atoms with Crippen molar-refractivity contribution >= 4 is 11.0 Å². The fourth-order valence-electron chi connectivity index (χ4n) is 2.16. The summed E-state index contributed by atoms with van der Waals surface area (Å²) in [5, 5.41) is 19.2. The zero-order valence-corrected chi connectivity index (χ0v) is 10.7. The lowest BCUT2D eigenvalue weighted by molar-refractivity contribution is 0.451. The molecule has 3 rings (SSSR count). The average molecular weight is 254 g/mol. The molecule has 0 saturated carbocycles. The van der Waals surface area contributed by atoms with Crippen molar-refractivity contribution in [3.8, 4) is 22.9 Å². The molecule has 0 fully saturated rings. The molecule has 0 atom stereocenters. The summed E-state index contributed by atoms with van der Waals surface area (Å²) >= 11 is 0. The summed E-state index contributed by atoms with van der Waals surface area (Å²) in [6.45, 7) is 4.07. The molecular weight excluding hydrogens is 240 g/mol. The van der Waals surface area contributed by atoms with Crippen LogP contribution in [0.4, 0.5) is 0 Å². The molecule has 0 radical (unpaired) electrons. The number of rotatable bonds is 1. The molecule has 0 bridgehead atoms. The number of hydrogen-bond donors (Lipinski definition) is 3. The van der Waals surface area contributed by atoms with Crippen LogP contribution in [0.25, 0.3) is 22.4 Å². The number of aromatic nitrogens is 2. The van der Waals surface area contributed by atoms with Gasteiger partial charge >= 0.3 is 0 Å². The number of phenolic OH excluding ortho intramolecular Hbond substituents is 2. The number of aromatic amines is 1. The number of imidazole rings is 1. The predicted molar refractivity (Wildman–Crippen MR) is 74.3 cm³/mol. The van der Waals surface area contributed by atoms with Crippen molar-refractivity contribution in [1.29, 1.82) is 0 Å². The SMILES string of the molecule is Cc1ccc2[nH]c(-c3ccc(O)cc3O)nc2c1C. The third kappa shape index (κ3) is 1.81. The molecule has 2 aromatic carbocycles. The highest BCUT2D eigenvalue weighted by molar-refractivity contribution is 5.84. The number of H-pyrrole nitrogens is 1. The molecule has 3 N–H and O–H groups in total. The van der Waals surface area contributed by atoms with E-state index in [0.717, 1.165) is 16.6 Å². The Balaban J connectivity index is 2.23. The molecule has 0 aliphatic heterocycles. The van der Waals surface area contributed by atoms with E-state index >= 15 is 0 Å². The highest BCUT2D eigenvalue weighted by atomic mass is 16.3. The van der Waals surface area contributed by atoms with Gasteiger partial charge in [-0.3, -0.25) is 0 Å². The summed E-state index contributed by atoms with van der Waals surface area (Å²) in [6.07, 6.45) is 0. The van der Waals surface area contributed by atoms with Crippen LogP contribution in [0.5, 0.6) is 11.5 Å². The van der Waals surface area contributed by atoms with Crippen LogP contribution in [0.2, 0.25) is 0 Å². The zero-order chi connectivity index (χ0) is 13.6. The summed E-state index contributed by atoms with van der Waals surface area (Å²) in [6, 6.07) is 8.49. The molecule has 19 heavy (non-hydrogen) atoms. The van der Waals surface area contributed by atoms with Gasteiger partial charge in [0, 0.05) is 6.07 Å². The van der Waals surface area contributed by atoms with E-state index in [-0.39, 0.29) is 11.5 Å². The first-order chi connectivity index (χ1) is 9.06. The van der Waals surface area contributed by atoms with Gasteiger partial charge in [0.25, 0.3) is 0 Å². The maximum atomic E-state index is 9.87. The van der Waals surface area contributed by atoms with E-state index in [1.54, 1.807) is 6.07 Å². The number of phenols is 2. The second-order valence-electron chi connectivity index (χ2n) is 4.69. The first-order valence-electron chi connectivity index (χ1n) is 6.04. The van der Waals surface area contributed by atoms with Gasteiger partial charge in [0.15, 0.2) is 0 Å². The van der Waals surface area contributed by atoms with Crippen molar-refractivity contribution < 1.29 is 10.2 Å². The van der Waals surface area contributed by atoms with Crippen LogP contribution in [0, 0.1) is 13.8 Å². The van der Waals surface area contributed by atoms with Gasteiger partial charge in [-0.15, -0.1) is 0 Å². The molecule has 0 spiro atoms. The van der Waals surface area contributed by atoms with Crippen LogP contribution in [0.1, 0.15) is 11.1 Å². The van der Waals surface area contributed by atoms with Crippen LogP contribution in [0.15, 0.2) is 30.3 Å². The van der Waals surface area contributed by atoms with Gasteiger partial charge in [-0.2, -0.15) is 0 Å². The van der Waals surface area contributed by atoms with Crippen molar-refractivity contribution in [2.24, 2.45) is 0 Å². The first-order valence-corrected chi connectivity index (χ1v) is 6.04. The summed E-state index contributed by atoms with van der Waals surface area (Å²) in [4.78, 5) is 7.72. The van der Waals surface area contributed by atoms with E-state index < -0.39 is 0 Å². The number of hydrogen-bond acceptors (Lipinski definition) is 3. The van der Waals surface area contributed by atoms with E-state index in [1.165, 1.54) is 17.7 Å². The van der Waals surface area contributed by atoms with E-state index in [4.69, 9.17) is 0 Å². The van der Waals surface area contributed by atoms with Crippen molar-refractivity contribution in [1.82, 2.24) is 9.97 Å². The highest BCUT2D eigenvalue weighted by Crippen LogP contribution is 2.32. The topological polar surface area (TPSA) is 69.1 Å². The van der Waals surface area contributed by atoms with Crippen LogP contribution in [-0.2, 0) is 0 Å². The number of nitrogens with zero attached hydrogens (tertiary/aromatic N) is 1. The average Bonchev–Trinajstić information content (AvgIpc) is 2.78. The molecule has 0 amide bonds. The lowest BCUT2D eigenvalue weighted by Crippen LogP contribution is -1.82. The Kier molecular flexibility index (Phi) is 2.45. The molecule has 0 saturated heterocycles. The number of aromatic hydroxyl groups is 2. The monoisotopic (exact) mass is 254 g/mol. The largest absolute Gasteiger partial charge is 0.508 e. The summed E-state index contributed by atoms with van der Waals surface area (Å²) in [5.74, 6) is 0.638. The first kappa shape index (κ1) is 11.6. The second kappa shape index (κ2) is 4.02. The number of fused-ring (bicyclic) bond motifs is 1. The normalized spacial score (nSPS) is 11.1. The van der Waals surface area contributed by atoms with E-state index in [0.29, 0.717) is 11.4 Å². The molecule has 1 aromatic heterocycles. The standard InChI is InChI=1S/C15H14N2O2/c1-8-3-6-12-14(9(8)2)17-15(16-12)11-5-4-10(18)7-13(11)19/h3-7,18-19H,1-2H3,(H,16,17). The third-order valence-electron chi connectivity index (χ3n) is 3.41. The molecule has 0 aliphatic rings. The van der Waals surface area contributed by atoms with Gasteiger partial charge in [0.2, 0.25) is 0 Å². The summed E-state index contributed by atoms with van der Waals surface area (Å²) < 4.78 is 0. The minimum atomic E-state index is 0.00781. The van der Waals surface area contributed by atoms with Crippen molar-refractivity contribution in [3.05, 3.63) is 41.5 Å². The Morgan fingerprint density at radius 2 is 1.84 bits per heavy atom. The van der Waals surface area contributed by atoms with Gasteiger partial charge < -0.3 is 15.2 Å². The van der Waals surface area contributed by atoms with Crippen molar-refractivity contribution in [3.63, 3.8) is 0 Å². The Morgan fingerprint density at radius 3 is 2.58 bits per heavy atom. The Morgan fingerprint density at radius 1 is 1.05 bits per heavy atom. The molecule has 4 nitrogen and oxygen atoms in total. The molecular formula is C15H14N2O2. The molecule has 4 heteroatoms. The lowest BCUT2D eigenvalue weighted by Gasteiger charge is -2.01. The smallest absolute Gasteiger partial charge is 0.142 e. The van der Waals surface area contributed by atoms with E-state index in [1.807, 2.05) is 26.0 Å². The Bertz CT molecular complexity index is 775. The maximum absolute atomic E-state index is 9.87. The van der Waals surface area contributed by atoms with Crippen LogP contribution in [0.3, 0.4) is 0 Å². The van der Waals surface area contributed by atoms with E-state index in [9.17, 15) is 10.2 Å². The Hall–Kier alpha value is -2.49. The van der Waals surface area contributed by atoms with Crippen molar-refractivity contribution in [2.75, 3.05) is 0 Å². The molecule has 0 aliphatic carbocycles. The number of benzene rings is 2. The van der Waals surface area contributed by atoms with Crippen LogP contribution >= 0.6 is 0 Å².